The number of nitrogens with zero attached hydrogens (tertiary/aromatic N) is 1. The maximum Gasteiger partial charge on any atom is 0.127 e. The van der Waals surface area contributed by atoms with E-state index in [-0.39, 0.29) is 5.82 Å². The van der Waals surface area contributed by atoms with Crippen LogP contribution in [0.25, 0.3) is 0 Å². The SMILES string of the molecule is CCN(CCC(N)=S)Cc1cc(Cl)ccc1F. The Morgan fingerprint density at radius 1 is 1.53 bits per heavy atom. The van der Waals surface area contributed by atoms with Crippen LogP contribution >= 0.6 is 23.8 Å². The van der Waals surface area contributed by atoms with Gasteiger partial charge in [0.15, 0.2) is 0 Å². The second-order valence-corrected chi connectivity index (χ2v) is 4.78. The summed E-state index contributed by atoms with van der Waals surface area (Å²) >= 11 is 10.7. The first-order chi connectivity index (χ1) is 8.02. The van der Waals surface area contributed by atoms with Crippen LogP contribution in [-0.2, 0) is 6.54 Å². The maximum absolute atomic E-state index is 13.5. The zero-order chi connectivity index (χ0) is 12.8. The van der Waals surface area contributed by atoms with E-state index in [9.17, 15) is 4.39 Å². The zero-order valence-electron chi connectivity index (χ0n) is 9.75. The first-order valence-corrected chi connectivity index (χ1v) is 6.26. The van der Waals surface area contributed by atoms with Crippen LogP contribution in [0.3, 0.4) is 0 Å². The van der Waals surface area contributed by atoms with Gasteiger partial charge >= 0.3 is 0 Å². The summed E-state index contributed by atoms with van der Waals surface area (Å²) in [6.45, 7) is 4.08. The summed E-state index contributed by atoms with van der Waals surface area (Å²) in [4.78, 5) is 2.56. The molecule has 0 saturated carbocycles. The van der Waals surface area contributed by atoms with Crippen LogP contribution in [0.15, 0.2) is 18.2 Å². The van der Waals surface area contributed by atoms with E-state index in [4.69, 9.17) is 29.6 Å². The minimum absolute atomic E-state index is 0.233. The van der Waals surface area contributed by atoms with Crippen molar-refractivity contribution < 1.29 is 4.39 Å². The smallest absolute Gasteiger partial charge is 0.127 e. The number of benzene rings is 1. The van der Waals surface area contributed by atoms with Gasteiger partial charge in [0.1, 0.15) is 5.82 Å². The fraction of sp³-hybridized carbons (Fsp3) is 0.417. The van der Waals surface area contributed by atoms with E-state index >= 15 is 0 Å². The monoisotopic (exact) mass is 274 g/mol. The Bertz CT molecular complexity index is 398. The standard InChI is InChI=1S/C12H16ClFN2S/c1-2-16(6-5-12(15)17)8-9-7-10(13)3-4-11(9)14/h3-4,7H,2,5-6,8H2,1H3,(H2,15,17). The van der Waals surface area contributed by atoms with Crippen LogP contribution in [0, 0.1) is 5.82 Å². The van der Waals surface area contributed by atoms with Gasteiger partial charge in [-0.25, -0.2) is 4.39 Å². The number of rotatable bonds is 6. The molecule has 2 N–H and O–H groups in total. The Hall–Kier alpha value is -0.710. The number of thiocarbonyl (C=S) groups is 1. The lowest BCUT2D eigenvalue weighted by molar-refractivity contribution is 0.284. The highest BCUT2D eigenvalue weighted by Crippen LogP contribution is 2.16. The number of halogens is 2. The minimum atomic E-state index is -0.233. The molecular weight excluding hydrogens is 259 g/mol. The molecule has 1 rings (SSSR count). The van der Waals surface area contributed by atoms with E-state index in [2.05, 4.69) is 4.90 Å². The van der Waals surface area contributed by atoms with Crippen molar-refractivity contribution in [3.63, 3.8) is 0 Å². The lowest BCUT2D eigenvalue weighted by Gasteiger charge is -2.20. The molecule has 0 fully saturated rings. The molecular formula is C12H16ClFN2S. The molecule has 2 nitrogen and oxygen atoms in total. The van der Waals surface area contributed by atoms with Crippen LogP contribution < -0.4 is 5.73 Å². The van der Waals surface area contributed by atoms with Gasteiger partial charge in [-0.05, 0) is 24.7 Å². The van der Waals surface area contributed by atoms with Gasteiger partial charge in [0.2, 0.25) is 0 Å². The summed E-state index contributed by atoms with van der Waals surface area (Å²) in [5.41, 5.74) is 6.05. The van der Waals surface area contributed by atoms with Crippen molar-refractivity contribution in [2.45, 2.75) is 19.9 Å². The van der Waals surface area contributed by atoms with Crippen LogP contribution in [-0.4, -0.2) is 23.0 Å². The highest BCUT2D eigenvalue weighted by molar-refractivity contribution is 7.80. The quantitative estimate of drug-likeness (QED) is 0.809. The Labute approximate surface area is 112 Å². The summed E-state index contributed by atoms with van der Waals surface area (Å²) in [6.07, 6.45) is 0.644. The molecule has 17 heavy (non-hydrogen) atoms. The lowest BCUT2D eigenvalue weighted by Crippen LogP contribution is -2.27. The molecule has 0 amide bonds. The minimum Gasteiger partial charge on any atom is -0.393 e. The Balaban J connectivity index is 2.66. The number of nitrogens with two attached hydrogens (primary N) is 1. The van der Waals surface area contributed by atoms with Crippen LogP contribution in [0.1, 0.15) is 18.9 Å². The molecule has 0 aromatic heterocycles. The second kappa shape index (κ2) is 6.89. The fourth-order valence-electron chi connectivity index (χ4n) is 1.52. The van der Waals surface area contributed by atoms with Crippen molar-refractivity contribution in [2.75, 3.05) is 13.1 Å². The first-order valence-electron chi connectivity index (χ1n) is 5.47. The predicted octanol–water partition coefficient (Wildman–Crippen LogP) is 2.98. The van der Waals surface area contributed by atoms with E-state index in [1.165, 1.54) is 6.07 Å². The summed E-state index contributed by atoms with van der Waals surface area (Å²) in [7, 11) is 0. The topological polar surface area (TPSA) is 29.3 Å². The largest absolute Gasteiger partial charge is 0.393 e. The Kier molecular flexibility index (Phi) is 5.82. The van der Waals surface area contributed by atoms with Crippen LogP contribution in [0.2, 0.25) is 5.02 Å². The van der Waals surface area contributed by atoms with Gasteiger partial charge < -0.3 is 5.73 Å². The van der Waals surface area contributed by atoms with E-state index in [1.54, 1.807) is 12.1 Å². The Morgan fingerprint density at radius 3 is 2.82 bits per heavy atom. The van der Waals surface area contributed by atoms with Gasteiger partial charge in [0, 0.05) is 30.1 Å². The highest BCUT2D eigenvalue weighted by atomic mass is 35.5. The average Bonchev–Trinajstić information content (AvgIpc) is 2.28. The third kappa shape index (κ3) is 4.98. The van der Waals surface area contributed by atoms with Crippen molar-refractivity contribution in [3.05, 3.63) is 34.6 Å². The molecule has 0 spiro atoms. The maximum atomic E-state index is 13.5. The zero-order valence-corrected chi connectivity index (χ0v) is 11.3. The van der Waals surface area contributed by atoms with Gasteiger partial charge in [0.25, 0.3) is 0 Å². The highest BCUT2D eigenvalue weighted by Gasteiger charge is 2.08. The molecule has 0 radical (unpaired) electrons. The molecule has 0 bridgehead atoms. The lowest BCUT2D eigenvalue weighted by atomic mass is 10.2. The van der Waals surface area contributed by atoms with Gasteiger partial charge in [-0.2, -0.15) is 0 Å². The number of hydrogen-bond acceptors (Lipinski definition) is 2. The van der Waals surface area contributed by atoms with Crippen LogP contribution in [0.4, 0.5) is 4.39 Å². The van der Waals surface area contributed by atoms with Gasteiger partial charge in [0.05, 0.1) is 4.99 Å². The van der Waals surface area contributed by atoms with Crippen LogP contribution in [0.5, 0.6) is 0 Å². The summed E-state index contributed by atoms with van der Waals surface area (Å²) < 4.78 is 13.5. The molecule has 0 atom stereocenters. The molecule has 1 aromatic carbocycles. The summed E-state index contributed by atoms with van der Waals surface area (Å²) in [5, 5.41) is 0.548. The molecule has 0 aliphatic carbocycles. The fourth-order valence-corrected chi connectivity index (χ4v) is 1.81. The van der Waals surface area contributed by atoms with E-state index in [1.807, 2.05) is 6.92 Å². The van der Waals surface area contributed by atoms with E-state index < -0.39 is 0 Å². The van der Waals surface area contributed by atoms with Crippen molar-refractivity contribution >= 4 is 28.8 Å². The molecule has 0 unspecified atom stereocenters. The normalized spacial score (nSPS) is 10.8. The predicted molar refractivity (Wildman–Crippen MR) is 73.8 cm³/mol. The number of hydrogen-bond donors (Lipinski definition) is 1. The molecule has 0 saturated heterocycles. The van der Waals surface area contributed by atoms with Crippen molar-refractivity contribution in [1.82, 2.24) is 4.90 Å². The van der Waals surface area contributed by atoms with Crippen molar-refractivity contribution in [3.8, 4) is 0 Å². The molecule has 94 valence electrons. The molecule has 0 aliphatic heterocycles. The second-order valence-electron chi connectivity index (χ2n) is 3.82. The third-order valence-corrected chi connectivity index (χ3v) is 2.96. The van der Waals surface area contributed by atoms with Gasteiger partial charge in [-0.1, -0.05) is 30.7 Å². The third-order valence-electron chi connectivity index (χ3n) is 2.52. The first kappa shape index (κ1) is 14.4. The summed E-state index contributed by atoms with van der Waals surface area (Å²) in [6, 6.07) is 4.59. The summed E-state index contributed by atoms with van der Waals surface area (Å²) in [5.74, 6) is -0.233. The molecule has 1 aromatic rings. The van der Waals surface area contributed by atoms with E-state index in [0.717, 1.165) is 13.1 Å². The molecule has 0 aliphatic rings. The molecule has 0 heterocycles. The van der Waals surface area contributed by atoms with Gasteiger partial charge in [-0.15, -0.1) is 0 Å². The van der Waals surface area contributed by atoms with E-state index in [0.29, 0.717) is 28.5 Å². The average molecular weight is 275 g/mol. The molecule has 5 heteroatoms. The van der Waals surface area contributed by atoms with Crippen molar-refractivity contribution in [1.29, 1.82) is 0 Å². The Morgan fingerprint density at radius 2 is 2.24 bits per heavy atom. The van der Waals surface area contributed by atoms with Crippen molar-refractivity contribution in [2.24, 2.45) is 5.73 Å². The van der Waals surface area contributed by atoms with Gasteiger partial charge in [-0.3, -0.25) is 4.90 Å².